The molecule has 1 amide bonds. The largest absolute Gasteiger partial charge is 0.340 e. The van der Waals surface area contributed by atoms with Crippen molar-refractivity contribution in [1.82, 2.24) is 9.80 Å². The summed E-state index contributed by atoms with van der Waals surface area (Å²) in [5, 5.41) is 0. The van der Waals surface area contributed by atoms with E-state index in [1.54, 1.807) is 0 Å². The van der Waals surface area contributed by atoms with Crippen molar-refractivity contribution in [2.75, 3.05) is 39.3 Å². The Morgan fingerprint density at radius 1 is 1.28 bits per heavy atom. The highest BCUT2D eigenvalue weighted by Crippen LogP contribution is 2.29. The average Bonchev–Trinajstić information content (AvgIpc) is 2.34. The Kier molecular flexibility index (Phi) is 5.01. The van der Waals surface area contributed by atoms with Gasteiger partial charge in [-0.05, 0) is 31.2 Å². The molecule has 1 saturated heterocycles. The van der Waals surface area contributed by atoms with Crippen molar-refractivity contribution in [3.8, 4) is 0 Å². The van der Waals surface area contributed by atoms with Crippen LogP contribution in [0.4, 0.5) is 0 Å². The highest BCUT2D eigenvalue weighted by Gasteiger charge is 2.26. The minimum atomic E-state index is 0.381. The molecule has 2 rings (SSSR count). The average molecular weight is 253 g/mol. The number of amides is 1. The Balaban J connectivity index is 1.67. The molecule has 1 aliphatic carbocycles. The van der Waals surface area contributed by atoms with Gasteiger partial charge in [0, 0.05) is 39.1 Å². The van der Waals surface area contributed by atoms with E-state index in [1.165, 1.54) is 19.3 Å². The zero-order valence-electron chi connectivity index (χ0n) is 11.6. The molecule has 1 saturated carbocycles. The highest BCUT2D eigenvalue weighted by atomic mass is 16.2. The number of carbonyl (C=O) groups is 1. The van der Waals surface area contributed by atoms with Crippen molar-refractivity contribution in [3.05, 3.63) is 0 Å². The number of nitrogens with two attached hydrogens (primary N) is 1. The van der Waals surface area contributed by atoms with Crippen molar-refractivity contribution < 1.29 is 4.79 Å². The Hall–Kier alpha value is -0.610. The molecule has 1 heterocycles. The van der Waals surface area contributed by atoms with E-state index in [4.69, 9.17) is 5.73 Å². The Morgan fingerprint density at radius 2 is 1.94 bits per heavy atom. The van der Waals surface area contributed by atoms with E-state index in [1.807, 2.05) is 0 Å². The van der Waals surface area contributed by atoms with E-state index >= 15 is 0 Å². The third-order valence-electron chi connectivity index (χ3n) is 4.39. The SMILES string of the molecule is CC(CN)CN1CCN(C(=O)CC2CCC2)CC1. The summed E-state index contributed by atoms with van der Waals surface area (Å²) in [4.78, 5) is 16.6. The highest BCUT2D eigenvalue weighted by molar-refractivity contribution is 5.76. The van der Waals surface area contributed by atoms with Gasteiger partial charge >= 0.3 is 0 Å². The van der Waals surface area contributed by atoms with Gasteiger partial charge in [-0.3, -0.25) is 9.69 Å². The van der Waals surface area contributed by atoms with E-state index < -0.39 is 0 Å². The summed E-state index contributed by atoms with van der Waals surface area (Å²) >= 11 is 0. The minimum Gasteiger partial charge on any atom is -0.340 e. The Bertz CT molecular complexity index is 270. The van der Waals surface area contributed by atoms with E-state index in [2.05, 4.69) is 16.7 Å². The van der Waals surface area contributed by atoms with E-state index in [0.29, 0.717) is 17.7 Å². The molecule has 0 aromatic carbocycles. The van der Waals surface area contributed by atoms with E-state index in [9.17, 15) is 4.79 Å². The summed E-state index contributed by atoms with van der Waals surface area (Å²) in [5.41, 5.74) is 5.65. The molecule has 2 N–H and O–H groups in total. The molecule has 0 spiro atoms. The number of rotatable bonds is 5. The van der Waals surface area contributed by atoms with Crippen LogP contribution in [0.25, 0.3) is 0 Å². The van der Waals surface area contributed by atoms with Gasteiger partial charge in [0.05, 0.1) is 0 Å². The van der Waals surface area contributed by atoms with Crippen LogP contribution in [0, 0.1) is 11.8 Å². The molecule has 2 fully saturated rings. The fourth-order valence-electron chi connectivity index (χ4n) is 2.77. The van der Waals surface area contributed by atoms with E-state index in [0.717, 1.165) is 45.7 Å². The smallest absolute Gasteiger partial charge is 0.222 e. The van der Waals surface area contributed by atoms with Crippen LogP contribution in [-0.2, 0) is 4.79 Å². The second-order valence-electron chi connectivity index (χ2n) is 6.02. The maximum absolute atomic E-state index is 12.1. The first-order valence-corrected chi connectivity index (χ1v) is 7.39. The molecule has 4 nitrogen and oxygen atoms in total. The lowest BCUT2D eigenvalue weighted by molar-refractivity contribution is -0.134. The maximum Gasteiger partial charge on any atom is 0.222 e. The van der Waals surface area contributed by atoms with Crippen molar-refractivity contribution in [1.29, 1.82) is 0 Å². The third-order valence-corrected chi connectivity index (χ3v) is 4.39. The van der Waals surface area contributed by atoms with Gasteiger partial charge < -0.3 is 10.6 Å². The predicted molar refractivity (Wildman–Crippen MR) is 73.2 cm³/mol. The standard InChI is InChI=1S/C14H27N3O/c1-12(10-15)11-16-5-7-17(8-6-16)14(18)9-13-3-2-4-13/h12-13H,2-11,15H2,1H3. The van der Waals surface area contributed by atoms with Crippen LogP contribution in [0.15, 0.2) is 0 Å². The van der Waals surface area contributed by atoms with Gasteiger partial charge in [0.1, 0.15) is 0 Å². The summed E-state index contributed by atoms with van der Waals surface area (Å²) in [5.74, 6) is 1.63. The van der Waals surface area contributed by atoms with Crippen LogP contribution < -0.4 is 5.73 Å². The van der Waals surface area contributed by atoms with Crippen LogP contribution in [0.5, 0.6) is 0 Å². The second-order valence-corrected chi connectivity index (χ2v) is 6.02. The summed E-state index contributed by atoms with van der Waals surface area (Å²) < 4.78 is 0. The molecule has 0 bridgehead atoms. The molecule has 1 aliphatic heterocycles. The lowest BCUT2D eigenvalue weighted by Crippen LogP contribution is -2.50. The van der Waals surface area contributed by atoms with E-state index in [-0.39, 0.29) is 0 Å². The van der Waals surface area contributed by atoms with Crippen LogP contribution >= 0.6 is 0 Å². The first kappa shape index (κ1) is 13.8. The van der Waals surface area contributed by atoms with Gasteiger partial charge in [-0.2, -0.15) is 0 Å². The first-order chi connectivity index (χ1) is 8.69. The lowest BCUT2D eigenvalue weighted by Gasteiger charge is -2.37. The van der Waals surface area contributed by atoms with Crippen molar-refractivity contribution in [3.63, 3.8) is 0 Å². The number of hydrogen-bond acceptors (Lipinski definition) is 3. The maximum atomic E-state index is 12.1. The normalized spacial score (nSPS) is 23.8. The van der Waals surface area contributed by atoms with Crippen LogP contribution in [0.2, 0.25) is 0 Å². The molecule has 104 valence electrons. The molecular formula is C14H27N3O. The summed E-state index contributed by atoms with van der Waals surface area (Å²) in [6.45, 7) is 7.85. The summed E-state index contributed by atoms with van der Waals surface area (Å²) in [6, 6.07) is 0. The lowest BCUT2D eigenvalue weighted by atomic mass is 9.82. The molecule has 0 aromatic heterocycles. The third kappa shape index (κ3) is 3.69. The van der Waals surface area contributed by atoms with Crippen LogP contribution in [0.1, 0.15) is 32.6 Å². The number of piperazine rings is 1. The van der Waals surface area contributed by atoms with Gasteiger partial charge in [0.25, 0.3) is 0 Å². The van der Waals surface area contributed by atoms with Crippen molar-refractivity contribution >= 4 is 5.91 Å². The Labute approximate surface area is 110 Å². The fraction of sp³-hybridized carbons (Fsp3) is 0.929. The van der Waals surface area contributed by atoms with Gasteiger partial charge in [-0.1, -0.05) is 13.3 Å². The molecule has 4 heteroatoms. The monoisotopic (exact) mass is 253 g/mol. The summed E-state index contributed by atoms with van der Waals surface area (Å²) in [7, 11) is 0. The molecule has 1 atom stereocenters. The summed E-state index contributed by atoms with van der Waals surface area (Å²) in [6.07, 6.45) is 4.64. The van der Waals surface area contributed by atoms with Crippen LogP contribution in [-0.4, -0.2) is 55.0 Å². The molecule has 1 unspecified atom stereocenters. The first-order valence-electron chi connectivity index (χ1n) is 7.39. The zero-order chi connectivity index (χ0) is 13.0. The molecule has 18 heavy (non-hydrogen) atoms. The molecule has 2 aliphatic rings. The van der Waals surface area contributed by atoms with Gasteiger partial charge in [0.15, 0.2) is 0 Å². The Morgan fingerprint density at radius 3 is 2.44 bits per heavy atom. The number of nitrogens with zero attached hydrogens (tertiary/aromatic N) is 2. The van der Waals surface area contributed by atoms with Crippen molar-refractivity contribution in [2.45, 2.75) is 32.6 Å². The van der Waals surface area contributed by atoms with Crippen LogP contribution in [0.3, 0.4) is 0 Å². The number of carbonyl (C=O) groups excluding carboxylic acids is 1. The molecular weight excluding hydrogens is 226 g/mol. The number of hydrogen-bond donors (Lipinski definition) is 1. The quantitative estimate of drug-likeness (QED) is 0.792. The van der Waals surface area contributed by atoms with Gasteiger partial charge in [0.2, 0.25) is 5.91 Å². The topological polar surface area (TPSA) is 49.6 Å². The predicted octanol–water partition coefficient (Wildman–Crippen LogP) is 0.916. The zero-order valence-corrected chi connectivity index (χ0v) is 11.6. The van der Waals surface area contributed by atoms with Gasteiger partial charge in [-0.25, -0.2) is 0 Å². The van der Waals surface area contributed by atoms with Crippen molar-refractivity contribution in [2.24, 2.45) is 17.6 Å². The molecule has 0 aromatic rings. The minimum absolute atomic E-state index is 0.381. The second kappa shape index (κ2) is 6.53. The molecule has 0 radical (unpaired) electrons. The fourth-order valence-corrected chi connectivity index (χ4v) is 2.77. The van der Waals surface area contributed by atoms with Gasteiger partial charge in [-0.15, -0.1) is 0 Å².